The van der Waals surface area contributed by atoms with Crippen LogP contribution < -0.4 is 10.6 Å². The van der Waals surface area contributed by atoms with E-state index in [9.17, 15) is 0 Å². The molecule has 1 aromatic rings. The Balaban J connectivity index is 1.99. The number of rotatable bonds is 4. The van der Waals surface area contributed by atoms with Gasteiger partial charge in [-0.05, 0) is 45.2 Å². The van der Waals surface area contributed by atoms with Gasteiger partial charge in [0, 0.05) is 24.3 Å². The second-order valence-electron chi connectivity index (χ2n) is 5.70. The van der Waals surface area contributed by atoms with E-state index in [0.29, 0.717) is 11.1 Å². The van der Waals surface area contributed by atoms with Gasteiger partial charge < -0.3 is 10.6 Å². The predicted molar refractivity (Wildman–Crippen MR) is 72.5 cm³/mol. The zero-order valence-electron chi connectivity index (χ0n) is 10.7. The molecule has 1 aliphatic carbocycles. The molecule has 2 rings (SSSR count). The average Bonchev–Trinajstić information content (AvgIpc) is 3.00. The topological polar surface area (TPSA) is 37.0 Å². The average molecular weight is 254 g/mol. The predicted octanol–water partition coefficient (Wildman–Crippen LogP) is 3.20. The van der Waals surface area contributed by atoms with Crippen LogP contribution in [0, 0.1) is 0 Å². The molecule has 1 aromatic heterocycles. The van der Waals surface area contributed by atoms with Gasteiger partial charge in [0.2, 0.25) is 0 Å². The molecule has 0 aromatic carbocycles. The van der Waals surface area contributed by atoms with E-state index in [-0.39, 0.29) is 5.54 Å². The molecule has 1 aliphatic rings. The van der Waals surface area contributed by atoms with Gasteiger partial charge in [0.25, 0.3) is 0 Å². The lowest BCUT2D eigenvalue weighted by Crippen LogP contribution is -2.27. The zero-order chi connectivity index (χ0) is 12.5. The van der Waals surface area contributed by atoms with Crippen LogP contribution in [0.4, 0.5) is 5.82 Å². The van der Waals surface area contributed by atoms with E-state index in [4.69, 9.17) is 11.6 Å². The molecule has 3 nitrogen and oxygen atoms in total. The second-order valence-corrected chi connectivity index (χ2v) is 6.11. The quantitative estimate of drug-likeness (QED) is 0.865. The summed E-state index contributed by atoms with van der Waals surface area (Å²) in [7, 11) is 0. The van der Waals surface area contributed by atoms with E-state index >= 15 is 0 Å². The first kappa shape index (κ1) is 12.7. The van der Waals surface area contributed by atoms with Crippen LogP contribution in [-0.2, 0) is 6.54 Å². The fourth-order valence-corrected chi connectivity index (χ4v) is 1.81. The van der Waals surface area contributed by atoms with Gasteiger partial charge in [-0.1, -0.05) is 11.6 Å². The molecular weight excluding hydrogens is 234 g/mol. The maximum atomic E-state index is 6.21. The molecule has 0 bridgehead atoms. The van der Waals surface area contributed by atoms with Crippen molar-refractivity contribution in [3.05, 3.63) is 22.8 Å². The van der Waals surface area contributed by atoms with E-state index in [0.717, 1.165) is 17.9 Å². The van der Waals surface area contributed by atoms with Gasteiger partial charge in [-0.3, -0.25) is 0 Å². The molecule has 0 amide bonds. The maximum Gasteiger partial charge on any atom is 0.145 e. The SMILES string of the molecule is CC(C)(C)Nc1ncc(CNC2CC2)cc1Cl. The van der Waals surface area contributed by atoms with Gasteiger partial charge in [0.1, 0.15) is 5.82 Å². The summed E-state index contributed by atoms with van der Waals surface area (Å²) in [6.07, 6.45) is 4.48. The largest absolute Gasteiger partial charge is 0.364 e. The van der Waals surface area contributed by atoms with E-state index in [2.05, 4.69) is 36.4 Å². The molecule has 0 radical (unpaired) electrons. The number of halogens is 1. The Morgan fingerprint density at radius 2 is 2.12 bits per heavy atom. The highest BCUT2D eigenvalue weighted by molar-refractivity contribution is 6.33. The highest BCUT2D eigenvalue weighted by Gasteiger charge is 2.20. The molecule has 94 valence electrons. The molecule has 1 heterocycles. The van der Waals surface area contributed by atoms with Crippen molar-refractivity contribution in [3.63, 3.8) is 0 Å². The number of aromatic nitrogens is 1. The first-order chi connectivity index (χ1) is 7.94. The minimum absolute atomic E-state index is 0.0234. The fourth-order valence-electron chi connectivity index (χ4n) is 1.57. The third-order valence-electron chi connectivity index (χ3n) is 2.56. The van der Waals surface area contributed by atoms with Crippen LogP contribution in [0.5, 0.6) is 0 Å². The molecule has 1 fully saturated rings. The number of pyridine rings is 1. The standard InChI is InChI=1S/C13H20ClN3/c1-13(2,3)17-12-11(14)6-9(8-16-12)7-15-10-4-5-10/h6,8,10,15H,4-5,7H2,1-3H3,(H,16,17). The van der Waals surface area contributed by atoms with Gasteiger partial charge >= 0.3 is 0 Å². The van der Waals surface area contributed by atoms with Crippen LogP contribution >= 0.6 is 11.6 Å². The number of hydrogen-bond donors (Lipinski definition) is 2. The van der Waals surface area contributed by atoms with E-state index in [1.807, 2.05) is 12.3 Å². The van der Waals surface area contributed by atoms with Gasteiger partial charge in [-0.25, -0.2) is 4.98 Å². The van der Waals surface area contributed by atoms with Crippen LogP contribution in [0.15, 0.2) is 12.3 Å². The molecular formula is C13H20ClN3. The van der Waals surface area contributed by atoms with E-state index < -0.39 is 0 Å². The summed E-state index contributed by atoms with van der Waals surface area (Å²) in [5.41, 5.74) is 1.12. The molecule has 17 heavy (non-hydrogen) atoms. The molecule has 0 spiro atoms. The Bertz CT molecular complexity index is 394. The Hall–Kier alpha value is -0.800. The van der Waals surface area contributed by atoms with Crippen molar-refractivity contribution in [3.8, 4) is 0 Å². The maximum absolute atomic E-state index is 6.21. The third-order valence-corrected chi connectivity index (χ3v) is 2.85. The zero-order valence-corrected chi connectivity index (χ0v) is 11.4. The monoisotopic (exact) mass is 253 g/mol. The molecule has 0 saturated heterocycles. The minimum atomic E-state index is -0.0234. The summed E-state index contributed by atoms with van der Waals surface area (Å²) in [6, 6.07) is 2.69. The lowest BCUT2D eigenvalue weighted by Gasteiger charge is -2.22. The number of anilines is 1. The van der Waals surface area contributed by atoms with Crippen LogP contribution in [0.3, 0.4) is 0 Å². The molecule has 0 unspecified atom stereocenters. The summed E-state index contributed by atoms with van der Waals surface area (Å²) in [5, 5.41) is 7.43. The van der Waals surface area contributed by atoms with E-state index in [1.54, 1.807) is 0 Å². The summed E-state index contributed by atoms with van der Waals surface area (Å²) in [5.74, 6) is 0.759. The molecule has 0 atom stereocenters. The first-order valence-electron chi connectivity index (χ1n) is 6.10. The Morgan fingerprint density at radius 1 is 1.41 bits per heavy atom. The normalized spacial score (nSPS) is 16.0. The van der Waals surface area contributed by atoms with Crippen LogP contribution in [0.1, 0.15) is 39.2 Å². The smallest absolute Gasteiger partial charge is 0.145 e. The summed E-state index contributed by atoms with van der Waals surface area (Å²) < 4.78 is 0. The first-order valence-corrected chi connectivity index (χ1v) is 6.48. The molecule has 1 saturated carbocycles. The Morgan fingerprint density at radius 3 is 2.65 bits per heavy atom. The molecule has 2 N–H and O–H groups in total. The Labute approximate surface area is 108 Å². The summed E-state index contributed by atoms with van der Waals surface area (Å²) in [6.45, 7) is 7.13. The van der Waals surface area contributed by atoms with Crippen molar-refractivity contribution >= 4 is 17.4 Å². The van der Waals surface area contributed by atoms with Crippen molar-refractivity contribution in [2.75, 3.05) is 5.32 Å². The van der Waals surface area contributed by atoms with Gasteiger partial charge in [0.15, 0.2) is 0 Å². The summed E-state index contributed by atoms with van der Waals surface area (Å²) >= 11 is 6.21. The fraction of sp³-hybridized carbons (Fsp3) is 0.615. The lowest BCUT2D eigenvalue weighted by molar-refractivity contribution is 0.630. The second kappa shape index (κ2) is 4.83. The lowest BCUT2D eigenvalue weighted by atomic mass is 10.1. The minimum Gasteiger partial charge on any atom is -0.364 e. The number of nitrogens with zero attached hydrogens (tertiary/aromatic N) is 1. The molecule has 4 heteroatoms. The third kappa shape index (κ3) is 4.17. The van der Waals surface area contributed by atoms with Crippen molar-refractivity contribution < 1.29 is 0 Å². The van der Waals surface area contributed by atoms with Gasteiger partial charge in [0.05, 0.1) is 5.02 Å². The van der Waals surface area contributed by atoms with Gasteiger partial charge in [-0.2, -0.15) is 0 Å². The number of nitrogens with one attached hydrogen (secondary N) is 2. The van der Waals surface area contributed by atoms with Crippen LogP contribution in [0.2, 0.25) is 5.02 Å². The van der Waals surface area contributed by atoms with Gasteiger partial charge in [-0.15, -0.1) is 0 Å². The van der Waals surface area contributed by atoms with Crippen molar-refractivity contribution in [2.24, 2.45) is 0 Å². The molecule has 0 aliphatic heterocycles. The number of hydrogen-bond acceptors (Lipinski definition) is 3. The van der Waals surface area contributed by atoms with Crippen LogP contribution in [-0.4, -0.2) is 16.6 Å². The Kier molecular flexibility index (Phi) is 3.59. The van der Waals surface area contributed by atoms with Crippen molar-refractivity contribution in [2.45, 2.75) is 51.7 Å². The van der Waals surface area contributed by atoms with Crippen LogP contribution in [0.25, 0.3) is 0 Å². The highest BCUT2D eigenvalue weighted by Crippen LogP contribution is 2.24. The summed E-state index contributed by atoms with van der Waals surface area (Å²) in [4.78, 5) is 4.38. The van der Waals surface area contributed by atoms with E-state index in [1.165, 1.54) is 12.8 Å². The van der Waals surface area contributed by atoms with Crippen molar-refractivity contribution in [1.29, 1.82) is 0 Å². The van der Waals surface area contributed by atoms with Crippen molar-refractivity contribution in [1.82, 2.24) is 10.3 Å². The highest BCUT2D eigenvalue weighted by atomic mass is 35.5.